The molecule has 1 aliphatic heterocycles. The first kappa shape index (κ1) is 25.7. The fraction of sp³-hybridized carbons (Fsp3) is 0.379. The summed E-state index contributed by atoms with van der Waals surface area (Å²) in [7, 11) is 0. The highest BCUT2D eigenvalue weighted by molar-refractivity contribution is 6.05. The number of carbonyl (C=O) groups excluding carboxylic acids is 3. The van der Waals surface area contributed by atoms with Crippen LogP contribution in [0.25, 0.3) is 22.2 Å². The molecule has 2 aliphatic rings. The van der Waals surface area contributed by atoms with Gasteiger partial charge in [-0.3, -0.25) is 24.0 Å². The molecule has 11 heteroatoms. The first-order chi connectivity index (χ1) is 19.0. The summed E-state index contributed by atoms with van der Waals surface area (Å²) >= 11 is 0. The van der Waals surface area contributed by atoms with Gasteiger partial charge in [-0.25, -0.2) is 15.0 Å². The zero-order chi connectivity index (χ0) is 28.3. The smallest absolute Gasteiger partial charge is 0.248 e. The van der Waals surface area contributed by atoms with Gasteiger partial charge in [0.2, 0.25) is 11.8 Å². The van der Waals surface area contributed by atoms with Gasteiger partial charge in [0.05, 0.1) is 17.4 Å². The fourth-order valence-corrected chi connectivity index (χ4v) is 5.66. The zero-order valence-corrected chi connectivity index (χ0v) is 23.1. The summed E-state index contributed by atoms with van der Waals surface area (Å²) < 4.78 is 1.51. The summed E-state index contributed by atoms with van der Waals surface area (Å²) in [5, 5.41) is 8.04. The number of pyridine rings is 2. The second kappa shape index (κ2) is 9.29. The molecule has 4 aromatic heterocycles. The molecule has 0 spiro atoms. The summed E-state index contributed by atoms with van der Waals surface area (Å²) in [6.07, 6.45) is 6.40. The van der Waals surface area contributed by atoms with Gasteiger partial charge in [-0.2, -0.15) is 5.10 Å². The number of carbonyl (C=O) groups is 3. The number of rotatable bonds is 6. The summed E-state index contributed by atoms with van der Waals surface area (Å²) in [5.41, 5.74) is 3.70. The monoisotopic (exact) mass is 538 g/mol. The Hall–Kier alpha value is -4.54. The van der Waals surface area contributed by atoms with E-state index < -0.39 is 6.04 Å². The molecule has 2 amide bonds. The Kier molecular flexibility index (Phi) is 5.97. The van der Waals surface area contributed by atoms with E-state index in [4.69, 9.17) is 0 Å². The van der Waals surface area contributed by atoms with Crippen LogP contribution >= 0.6 is 0 Å². The number of amides is 2. The average Bonchev–Trinajstić information content (AvgIpc) is 3.28. The molecule has 1 saturated carbocycles. The van der Waals surface area contributed by atoms with E-state index in [9.17, 15) is 14.4 Å². The molecule has 5 heterocycles. The third-order valence-corrected chi connectivity index (χ3v) is 8.04. The number of piperidine rings is 1. The van der Waals surface area contributed by atoms with Crippen molar-refractivity contribution in [2.45, 2.75) is 66.1 Å². The number of nitrogens with zero attached hydrogens (tertiary/aromatic N) is 7. The minimum Gasteiger partial charge on any atom is -0.325 e. The molecule has 3 atom stereocenters. The maximum atomic E-state index is 13.8. The normalized spacial score (nSPS) is 21.4. The lowest BCUT2D eigenvalue weighted by molar-refractivity contribution is -0.138. The van der Waals surface area contributed by atoms with Gasteiger partial charge in [-0.15, -0.1) is 0 Å². The van der Waals surface area contributed by atoms with E-state index in [-0.39, 0.29) is 41.3 Å². The molecule has 6 rings (SSSR count). The van der Waals surface area contributed by atoms with Gasteiger partial charge in [0.15, 0.2) is 5.78 Å². The summed E-state index contributed by atoms with van der Waals surface area (Å²) in [6, 6.07) is 4.95. The van der Waals surface area contributed by atoms with Crippen molar-refractivity contribution in [1.82, 2.24) is 34.6 Å². The van der Waals surface area contributed by atoms with E-state index in [1.807, 2.05) is 26.0 Å². The number of aromatic nitrogens is 6. The minimum atomic E-state index is -0.613. The van der Waals surface area contributed by atoms with Crippen molar-refractivity contribution < 1.29 is 14.4 Å². The van der Waals surface area contributed by atoms with Crippen LogP contribution in [0.4, 0.5) is 5.82 Å². The molecule has 0 bridgehead atoms. The molecule has 4 aromatic rings. The van der Waals surface area contributed by atoms with E-state index in [0.717, 1.165) is 17.7 Å². The lowest BCUT2D eigenvalue weighted by atomic mass is 10.0. The van der Waals surface area contributed by atoms with Crippen molar-refractivity contribution in [2.24, 2.45) is 5.41 Å². The van der Waals surface area contributed by atoms with Crippen LogP contribution in [-0.2, 0) is 16.1 Å². The maximum absolute atomic E-state index is 13.8. The van der Waals surface area contributed by atoms with Crippen molar-refractivity contribution >= 4 is 34.3 Å². The second-order valence-electron chi connectivity index (χ2n) is 11.2. The van der Waals surface area contributed by atoms with Crippen LogP contribution in [0.1, 0.15) is 54.3 Å². The largest absolute Gasteiger partial charge is 0.325 e. The average molecular weight is 539 g/mol. The molecule has 40 heavy (non-hydrogen) atoms. The van der Waals surface area contributed by atoms with Crippen LogP contribution in [0.15, 0.2) is 36.8 Å². The van der Waals surface area contributed by atoms with Crippen LogP contribution < -0.4 is 5.32 Å². The van der Waals surface area contributed by atoms with Crippen LogP contribution in [0, 0.1) is 26.2 Å². The van der Waals surface area contributed by atoms with E-state index in [0.29, 0.717) is 40.2 Å². The Morgan fingerprint density at radius 2 is 1.80 bits per heavy atom. The van der Waals surface area contributed by atoms with Gasteiger partial charge in [-0.05, 0) is 56.7 Å². The topological polar surface area (TPSA) is 136 Å². The molecule has 0 aromatic carbocycles. The quantitative estimate of drug-likeness (QED) is 0.369. The summed E-state index contributed by atoms with van der Waals surface area (Å²) in [4.78, 5) is 58.8. The molecule has 11 nitrogen and oxygen atoms in total. The van der Waals surface area contributed by atoms with Crippen molar-refractivity contribution in [2.75, 3.05) is 5.32 Å². The number of hydrogen-bond donors (Lipinski definition) is 1. The van der Waals surface area contributed by atoms with Crippen molar-refractivity contribution in [3.05, 3.63) is 59.6 Å². The third-order valence-electron chi connectivity index (χ3n) is 8.04. The third kappa shape index (κ3) is 4.41. The Labute approximate surface area is 231 Å². The first-order valence-electron chi connectivity index (χ1n) is 13.3. The molecule has 204 valence electrons. The van der Waals surface area contributed by atoms with E-state index in [2.05, 4.69) is 37.3 Å². The predicted octanol–water partition coefficient (Wildman–Crippen LogP) is 3.43. The van der Waals surface area contributed by atoms with E-state index >= 15 is 0 Å². The molecule has 0 unspecified atom stereocenters. The maximum Gasteiger partial charge on any atom is 0.248 e. The van der Waals surface area contributed by atoms with Gasteiger partial charge in [0, 0.05) is 42.0 Å². The number of nitrogens with one attached hydrogen (secondary N) is 1. The highest BCUT2D eigenvalue weighted by Gasteiger charge is 2.64. The summed E-state index contributed by atoms with van der Waals surface area (Å²) in [5.74, 6) is 0.461. The van der Waals surface area contributed by atoms with Gasteiger partial charge in [-0.1, -0.05) is 13.0 Å². The number of ketones is 1. The molecule has 1 saturated heterocycles. The highest BCUT2D eigenvalue weighted by Crippen LogP contribution is 2.59. The fourth-order valence-electron chi connectivity index (χ4n) is 5.66. The van der Waals surface area contributed by atoms with Gasteiger partial charge in [0.1, 0.15) is 29.9 Å². The van der Waals surface area contributed by atoms with Crippen molar-refractivity contribution in [1.29, 1.82) is 0 Å². The van der Waals surface area contributed by atoms with Gasteiger partial charge >= 0.3 is 0 Å². The van der Waals surface area contributed by atoms with E-state index in [1.165, 1.54) is 11.6 Å². The van der Waals surface area contributed by atoms with E-state index in [1.54, 1.807) is 36.5 Å². The van der Waals surface area contributed by atoms with Crippen molar-refractivity contribution in [3.63, 3.8) is 0 Å². The van der Waals surface area contributed by atoms with Crippen molar-refractivity contribution in [3.8, 4) is 11.3 Å². The van der Waals surface area contributed by atoms with Gasteiger partial charge < -0.3 is 10.2 Å². The lowest BCUT2D eigenvalue weighted by Crippen LogP contribution is -2.47. The Morgan fingerprint density at radius 3 is 2.52 bits per heavy atom. The number of Topliss-reactive ketones (excluding diaryl/α,β-unsaturated/α-hetero) is 1. The van der Waals surface area contributed by atoms with Crippen LogP contribution in [0.5, 0.6) is 0 Å². The predicted molar refractivity (Wildman–Crippen MR) is 147 cm³/mol. The van der Waals surface area contributed by atoms with Crippen LogP contribution in [-0.4, -0.2) is 64.3 Å². The number of likely N-dealkylation sites (tertiary alicyclic amines) is 1. The van der Waals surface area contributed by atoms with Gasteiger partial charge in [0.25, 0.3) is 0 Å². The molecular formula is C29H30N8O3. The minimum absolute atomic E-state index is 0.0114. The Bertz CT molecular complexity index is 1700. The zero-order valence-electron chi connectivity index (χ0n) is 23.1. The number of fused-ring (bicyclic) bond motifs is 2. The Morgan fingerprint density at radius 1 is 1.05 bits per heavy atom. The molecule has 2 fully saturated rings. The SMILES string of the molecule is CC(=O)c1nn(CC(=O)N2[C@H](C(=O)Nc3nc(C)ccc3C)C[C@@]3(C)C[C@@H]23)c2cnc(-c3cnc(C)nc3)cc12. The first-order valence-corrected chi connectivity index (χ1v) is 13.3. The molecule has 1 aliphatic carbocycles. The molecule has 0 radical (unpaired) electrons. The highest BCUT2D eigenvalue weighted by atomic mass is 16.2. The standard InChI is InChI=1S/C29H30N8O3/c1-15-6-7-16(2)33-27(15)34-28(40)22-9-29(5)10-24(29)37(22)25(39)14-36-23-13-32-21(19-11-30-18(4)31-12-19)8-20(23)26(35-36)17(3)38/h6-8,11-13,22,24H,9-10,14H2,1-5H3,(H,33,34,40)/t22-,24+,29-/m0/s1. The molecule has 1 N–H and O–H groups in total. The van der Waals surface area contributed by atoms with Crippen LogP contribution in [0.3, 0.4) is 0 Å². The second-order valence-corrected chi connectivity index (χ2v) is 11.2. The number of anilines is 1. The lowest BCUT2D eigenvalue weighted by Gasteiger charge is -2.27. The van der Waals surface area contributed by atoms with Crippen LogP contribution in [0.2, 0.25) is 0 Å². The summed E-state index contributed by atoms with van der Waals surface area (Å²) in [6.45, 7) is 9.00. The number of aryl methyl sites for hydroxylation is 3. The molecular weight excluding hydrogens is 508 g/mol. The number of hydrogen-bond acceptors (Lipinski definition) is 8. The Balaban J connectivity index is 1.29.